The minimum absolute atomic E-state index is 0.635. The summed E-state index contributed by atoms with van der Waals surface area (Å²) in [4.78, 5) is 1.42. The second kappa shape index (κ2) is 8.28. The second-order valence-electron chi connectivity index (χ2n) is 5.79. The van der Waals surface area contributed by atoms with Gasteiger partial charge in [0, 0.05) is 10.9 Å². The molecule has 0 aromatic carbocycles. The number of hydrogen-bond acceptors (Lipinski definition) is 2. The van der Waals surface area contributed by atoms with Crippen LogP contribution >= 0.6 is 22.9 Å². The standard InChI is InChI=1S/C16H26ClNS/c1-2-11-18-14(8-7-13-5-3-4-6-13)12-15-9-10-16(17)19-15/h9-10,13-14,18H,2-8,11-12H2,1H3. The molecular formula is C16H26ClNS. The Morgan fingerprint density at radius 3 is 2.79 bits per heavy atom. The zero-order valence-corrected chi connectivity index (χ0v) is 13.5. The number of nitrogens with one attached hydrogen (secondary N) is 1. The summed E-state index contributed by atoms with van der Waals surface area (Å²) in [5.41, 5.74) is 0. The molecule has 0 radical (unpaired) electrons. The summed E-state index contributed by atoms with van der Waals surface area (Å²) in [6.07, 6.45) is 10.9. The lowest BCUT2D eigenvalue weighted by Gasteiger charge is -2.19. The van der Waals surface area contributed by atoms with Crippen molar-refractivity contribution in [3.8, 4) is 0 Å². The van der Waals surface area contributed by atoms with E-state index in [1.807, 2.05) is 6.07 Å². The molecule has 2 rings (SSSR count). The highest BCUT2D eigenvalue weighted by Crippen LogP contribution is 2.30. The molecule has 1 aliphatic carbocycles. The highest BCUT2D eigenvalue weighted by Gasteiger charge is 2.17. The van der Waals surface area contributed by atoms with Gasteiger partial charge in [-0.15, -0.1) is 11.3 Å². The first-order chi connectivity index (χ1) is 9.28. The van der Waals surface area contributed by atoms with Gasteiger partial charge in [0.05, 0.1) is 4.34 Å². The molecule has 1 saturated carbocycles. The van der Waals surface area contributed by atoms with E-state index in [4.69, 9.17) is 11.6 Å². The van der Waals surface area contributed by atoms with Crippen molar-refractivity contribution in [1.29, 1.82) is 0 Å². The van der Waals surface area contributed by atoms with Gasteiger partial charge < -0.3 is 5.32 Å². The van der Waals surface area contributed by atoms with Crippen LogP contribution in [0.5, 0.6) is 0 Å². The highest BCUT2D eigenvalue weighted by atomic mass is 35.5. The van der Waals surface area contributed by atoms with Gasteiger partial charge in [-0.2, -0.15) is 0 Å². The molecule has 1 atom stereocenters. The van der Waals surface area contributed by atoms with Crippen LogP contribution in [0.1, 0.15) is 56.7 Å². The van der Waals surface area contributed by atoms with E-state index in [0.29, 0.717) is 6.04 Å². The number of hydrogen-bond donors (Lipinski definition) is 1. The van der Waals surface area contributed by atoms with Crippen molar-refractivity contribution in [3.05, 3.63) is 21.3 Å². The molecule has 0 aliphatic heterocycles. The topological polar surface area (TPSA) is 12.0 Å². The molecule has 0 spiro atoms. The van der Waals surface area contributed by atoms with Gasteiger partial charge in [0.1, 0.15) is 0 Å². The number of thiophene rings is 1. The van der Waals surface area contributed by atoms with Crippen LogP contribution in [0, 0.1) is 5.92 Å². The third-order valence-electron chi connectivity index (χ3n) is 4.16. The quantitative estimate of drug-likeness (QED) is 0.688. The van der Waals surface area contributed by atoms with Gasteiger partial charge in [0.2, 0.25) is 0 Å². The molecule has 1 aliphatic rings. The minimum Gasteiger partial charge on any atom is -0.314 e. The van der Waals surface area contributed by atoms with Gasteiger partial charge in [-0.3, -0.25) is 0 Å². The van der Waals surface area contributed by atoms with Gasteiger partial charge in [0.15, 0.2) is 0 Å². The second-order valence-corrected chi connectivity index (χ2v) is 7.59. The number of rotatable bonds is 8. The fourth-order valence-corrected chi connectivity index (χ4v) is 4.23. The molecule has 108 valence electrons. The Labute approximate surface area is 126 Å². The van der Waals surface area contributed by atoms with E-state index in [0.717, 1.165) is 23.2 Å². The minimum atomic E-state index is 0.635. The first kappa shape index (κ1) is 15.3. The maximum absolute atomic E-state index is 6.03. The average molecular weight is 300 g/mol. The zero-order chi connectivity index (χ0) is 13.5. The fraction of sp³-hybridized carbons (Fsp3) is 0.750. The van der Waals surface area contributed by atoms with Gasteiger partial charge in [0.25, 0.3) is 0 Å². The van der Waals surface area contributed by atoms with Crippen molar-refractivity contribution in [1.82, 2.24) is 5.32 Å². The molecule has 3 heteroatoms. The van der Waals surface area contributed by atoms with Crippen molar-refractivity contribution < 1.29 is 0 Å². The first-order valence-corrected chi connectivity index (χ1v) is 8.95. The largest absolute Gasteiger partial charge is 0.314 e. The van der Waals surface area contributed by atoms with Crippen molar-refractivity contribution in [3.63, 3.8) is 0 Å². The van der Waals surface area contributed by atoms with Crippen LogP contribution in [0.15, 0.2) is 12.1 Å². The Morgan fingerprint density at radius 2 is 2.16 bits per heavy atom. The van der Waals surface area contributed by atoms with E-state index in [1.54, 1.807) is 11.3 Å². The predicted molar refractivity (Wildman–Crippen MR) is 86.3 cm³/mol. The van der Waals surface area contributed by atoms with E-state index < -0.39 is 0 Å². The van der Waals surface area contributed by atoms with Crippen LogP contribution in [-0.2, 0) is 6.42 Å². The Balaban J connectivity index is 1.79. The van der Waals surface area contributed by atoms with Gasteiger partial charge >= 0.3 is 0 Å². The molecule has 1 heterocycles. The Hall–Kier alpha value is -0.0500. The third-order valence-corrected chi connectivity index (χ3v) is 5.41. The molecule has 0 saturated heterocycles. The lowest BCUT2D eigenvalue weighted by molar-refractivity contribution is 0.403. The molecule has 0 amide bonds. The molecule has 1 aromatic rings. The molecule has 0 bridgehead atoms. The summed E-state index contributed by atoms with van der Waals surface area (Å²) in [6.45, 7) is 3.37. The van der Waals surface area contributed by atoms with Crippen molar-refractivity contribution in [2.45, 2.75) is 64.3 Å². The van der Waals surface area contributed by atoms with E-state index in [-0.39, 0.29) is 0 Å². The summed E-state index contributed by atoms with van der Waals surface area (Å²) >= 11 is 7.76. The van der Waals surface area contributed by atoms with Crippen LogP contribution in [0.3, 0.4) is 0 Å². The molecule has 1 aromatic heterocycles. The lowest BCUT2D eigenvalue weighted by Crippen LogP contribution is -2.32. The maximum Gasteiger partial charge on any atom is 0.0931 e. The highest BCUT2D eigenvalue weighted by molar-refractivity contribution is 7.16. The zero-order valence-electron chi connectivity index (χ0n) is 12.0. The molecule has 1 fully saturated rings. The first-order valence-electron chi connectivity index (χ1n) is 7.75. The molecule has 1 unspecified atom stereocenters. The normalized spacial score (nSPS) is 18.0. The Bertz CT molecular complexity index is 357. The van der Waals surface area contributed by atoms with E-state index in [2.05, 4.69) is 18.3 Å². The van der Waals surface area contributed by atoms with Crippen molar-refractivity contribution in [2.75, 3.05) is 6.54 Å². The summed E-state index contributed by atoms with van der Waals surface area (Å²) in [6, 6.07) is 4.84. The third kappa shape index (κ3) is 5.45. The van der Waals surface area contributed by atoms with Gasteiger partial charge in [-0.25, -0.2) is 0 Å². The summed E-state index contributed by atoms with van der Waals surface area (Å²) in [7, 11) is 0. The monoisotopic (exact) mass is 299 g/mol. The van der Waals surface area contributed by atoms with E-state index in [9.17, 15) is 0 Å². The Kier molecular flexibility index (Phi) is 6.69. The van der Waals surface area contributed by atoms with Crippen LogP contribution in [0.4, 0.5) is 0 Å². The molecule has 19 heavy (non-hydrogen) atoms. The average Bonchev–Trinajstić information content (AvgIpc) is 3.04. The predicted octanol–water partition coefficient (Wildman–Crippen LogP) is 5.28. The van der Waals surface area contributed by atoms with Crippen LogP contribution in [0.2, 0.25) is 4.34 Å². The summed E-state index contributed by atoms with van der Waals surface area (Å²) < 4.78 is 0.917. The summed E-state index contributed by atoms with van der Waals surface area (Å²) in [5.74, 6) is 0.998. The fourth-order valence-electron chi connectivity index (χ4n) is 3.06. The summed E-state index contributed by atoms with van der Waals surface area (Å²) in [5, 5.41) is 3.71. The van der Waals surface area contributed by atoms with Gasteiger partial charge in [-0.1, -0.05) is 44.2 Å². The van der Waals surface area contributed by atoms with Crippen LogP contribution < -0.4 is 5.32 Å². The SMILES string of the molecule is CCCNC(CCC1CCCC1)Cc1ccc(Cl)s1. The maximum atomic E-state index is 6.03. The smallest absolute Gasteiger partial charge is 0.0931 e. The van der Waals surface area contributed by atoms with Crippen molar-refractivity contribution >= 4 is 22.9 Å². The van der Waals surface area contributed by atoms with E-state index >= 15 is 0 Å². The molecule has 1 nitrogen and oxygen atoms in total. The van der Waals surface area contributed by atoms with Crippen LogP contribution in [-0.4, -0.2) is 12.6 Å². The lowest BCUT2D eigenvalue weighted by atomic mass is 9.96. The van der Waals surface area contributed by atoms with Crippen LogP contribution in [0.25, 0.3) is 0 Å². The van der Waals surface area contributed by atoms with Crippen molar-refractivity contribution in [2.24, 2.45) is 5.92 Å². The molecule has 1 N–H and O–H groups in total. The van der Waals surface area contributed by atoms with Gasteiger partial charge in [-0.05, 0) is 50.3 Å². The molecular weight excluding hydrogens is 274 g/mol. The Morgan fingerprint density at radius 1 is 1.37 bits per heavy atom. The number of halogens is 1. The van der Waals surface area contributed by atoms with E-state index in [1.165, 1.54) is 49.8 Å².